The van der Waals surface area contributed by atoms with E-state index in [2.05, 4.69) is 12.2 Å². The van der Waals surface area contributed by atoms with Crippen LogP contribution in [-0.2, 0) is 11.3 Å². The Morgan fingerprint density at radius 2 is 2.12 bits per heavy atom. The van der Waals surface area contributed by atoms with Gasteiger partial charge in [-0.15, -0.1) is 0 Å². The molecule has 0 saturated carbocycles. The van der Waals surface area contributed by atoms with Gasteiger partial charge in [-0.05, 0) is 43.5 Å². The smallest absolute Gasteiger partial charge is 0.126 e. The molecule has 2 nitrogen and oxygen atoms in total. The first kappa shape index (κ1) is 14.1. The minimum atomic E-state index is -0.129. The number of aryl methyl sites for hydroxylation is 1. The third kappa shape index (κ3) is 5.80. The zero-order valence-electron chi connectivity index (χ0n) is 10.8. The molecule has 0 saturated heterocycles. The molecule has 0 bridgehead atoms. The van der Waals surface area contributed by atoms with Gasteiger partial charge in [-0.1, -0.05) is 19.1 Å². The molecule has 17 heavy (non-hydrogen) atoms. The largest absolute Gasteiger partial charge is 0.381 e. The summed E-state index contributed by atoms with van der Waals surface area (Å²) in [7, 11) is 0. The van der Waals surface area contributed by atoms with E-state index in [-0.39, 0.29) is 5.82 Å². The predicted molar refractivity (Wildman–Crippen MR) is 68.6 cm³/mol. The molecule has 0 aromatic heterocycles. The van der Waals surface area contributed by atoms with E-state index in [0.29, 0.717) is 12.1 Å². The summed E-state index contributed by atoms with van der Waals surface area (Å²) < 4.78 is 18.6. The molecule has 0 fully saturated rings. The van der Waals surface area contributed by atoms with E-state index in [0.717, 1.165) is 38.2 Å². The molecule has 0 unspecified atom stereocenters. The van der Waals surface area contributed by atoms with Gasteiger partial charge in [-0.2, -0.15) is 0 Å². The fourth-order valence-electron chi connectivity index (χ4n) is 1.52. The van der Waals surface area contributed by atoms with Gasteiger partial charge in [0.1, 0.15) is 5.82 Å². The van der Waals surface area contributed by atoms with Crippen LogP contribution in [0.15, 0.2) is 18.2 Å². The fourth-order valence-corrected chi connectivity index (χ4v) is 1.52. The maximum Gasteiger partial charge on any atom is 0.126 e. The Morgan fingerprint density at radius 1 is 1.29 bits per heavy atom. The summed E-state index contributed by atoms with van der Waals surface area (Å²) >= 11 is 0. The van der Waals surface area contributed by atoms with E-state index in [1.807, 2.05) is 12.1 Å². The summed E-state index contributed by atoms with van der Waals surface area (Å²) in [4.78, 5) is 0. The lowest BCUT2D eigenvalue weighted by atomic mass is 10.1. The molecule has 0 radical (unpaired) electrons. The first-order chi connectivity index (χ1) is 8.24. The zero-order chi connectivity index (χ0) is 12.5. The van der Waals surface area contributed by atoms with Crippen LogP contribution in [0.3, 0.4) is 0 Å². The Labute approximate surface area is 103 Å². The zero-order valence-corrected chi connectivity index (χ0v) is 10.8. The topological polar surface area (TPSA) is 21.3 Å². The maximum atomic E-state index is 13.2. The van der Waals surface area contributed by atoms with E-state index < -0.39 is 0 Å². The van der Waals surface area contributed by atoms with Crippen molar-refractivity contribution in [2.45, 2.75) is 33.2 Å². The summed E-state index contributed by atoms with van der Waals surface area (Å²) in [6, 6.07) is 5.37. The highest BCUT2D eigenvalue weighted by Gasteiger charge is 1.98. The number of hydrogen-bond acceptors (Lipinski definition) is 2. The van der Waals surface area contributed by atoms with Crippen LogP contribution in [0.2, 0.25) is 0 Å². The van der Waals surface area contributed by atoms with Crippen molar-refractivity contribution in [1.29, 1.82) is 0 Å². The van der Waals surface area contributed by atoms with Crippen LogP contribution < -0.4 is 5.32 Å². The summed E-state index contributed by atoms with van der Waals surface area (Å²) in [6.07, 6.45) is 2.06. The van der Waals surface area contributed by atoms with Crippen molar-refractivity contribution in [3.63, 3.8) is 0 Å². The van der Waals surface area contributed by atoms with E-state index in [1.54, 1.807) is 13.0 Å². The molecule has 0 aliphatic carbocycles. The summed E-state index contributed by atoms with van der Waals surface area (Å²) in [5.74, 6) is -0.129. The van der Waals surface area contributed by atoms with Crippen LogP contribution >= 0.6 is 0 Å². The minimum Gasteiger partial charge on any atom is -0.381 e. The number of rotatable bonds is 8. The van der Waals surface area contributed by atoms with Crippen molar-refractivity contribution in [2.75, 3.05) is 19.8 Å². The molecule has 1 N–H and O–H groups in total. The second-order valence-electron chi connectivity index (χ2n) is 4.23. The van der Waals surface area contributed by atoms with E-state index in [1.165, 1.54) is 0 Å². The molecule has 0 heterocycles. The lowest BCUT2D eigenvalue weighted by molar-refractivity contribution is 0.132. The van der Waals surface area contributed by atoms with Gasteiger partial charge in [0.2, 0.25) is 0 Å². The Morgan fingerprint density at radius 3 is 2.82 bits per heavy atom. The van der Waals surface area contributed by atoms with Crippen molar-refractivity contribution >= 4 is 0 Å². The normalized spacial score (nSPS) is 10.8. The standard InChI is InChI=1S/C14H22FNO/c1-3-8-17-9-4-7-16-11-13-6-5-12(2)14(15)10-13/h5-6,10,16H,3-4,7-9,11H2,1-2H3. The third-order valence-corrected chi connectivity index (χ3v) is 2.56. The predicted octanol–water partition coefficient (Wildman–Crippen LogP) is 3.04. The van der Waals surface area contributed by atoms with Crippen LogP contribution in [0.4, 0.5) is 4.39 Å². The van der Waals surface area contributed by atoms with Crippen LogP contribution in [-0.4, -0.2) is 19.8 Å². The highest BCUT2D eigenvalue weighted by molar-refractivity contribution is 5.23. The first-order valence-corrected chi connectivity index (χ1v) is 6.27. The third-order valence-electron chi connectivity index (χ3n) is 2.56. The molecule has 1 rings (SSSR count). The van der Waals surface area contributed by atoms with Gasteiger partial charge < -0.3 is 10.1 Å². The Kier molecular flexibility index (Phi) is 6.82. The van der Waals surface area contributed by atoms with Gasteiger partial charge in [0.05, 0.1) is 0 Å². The molecular weight excluding hydrogens is 217 g/mol. The van der Waals surface area contributed by atoms with Crippen LogP contribution in [0.5, 0.6) is 0 Å². The van der Waals surface area contributed by atoms with Gasteiger partial charge in [0.25, 0.3) is 0 Å². The molecule has 3 heteroatoms. The van der Waals surface area contributed by atoms with Gasteiger partial charge in [0, 0.05) is 19.8 Å². The summed E-state index contributed by atoms with van der Waals surface area (Å²) in [6.45, 7) is 7.12. The quantitative estimate of drug-likeness (QED) is 0.704. The second kappa shape index (κ2) is 8.20. The number of ether oxygens (including phenoxy) is 1. The number of nitrogens with one attached hydrogen (secondary N) is 1. The molecule has 0 spiro atoms. The van der Waals surface area contributed by atoms with Gasteiger partial charge >= 0.3 is 0 Å². The molecule has 0 amide bonds. The van der Waals surface area contributed by atoms with Crippen molar-refractivity contribution in [3.05, 3.63) is 35.1 Å². The molecule has 1 aromatic rings. The highest BCUT2D eigenvalue weighted by atomic mass is 19.1. The lowest BCUT2D eigenvalue weighted by Crippen LogP contribution is -2.16. The average Bonchev–Trinajstić information content (AvgIpc) is 2.32. The Bertz CT molecular complexity index is 328. The number of hydrogen-bond donors (Lipinski definition) is 1. The molecule has 0 aliphatic heterocycles. The van der Waals surface area contributed by atoms with Crippen LogP contribution in [0.25, 0.3) is 0 Å². The highest BCUT2D eigenvalue weighted by Crippen LogP contribution is 2.08. The lowest BCUT2D eigenvalue weighted by Gasteiger charge is -2.06. The Balaban J connectivity index is 2.11. The number of benzene rings is 1. The van der Waals surface area contributed by atoms with Gasteiger partial charge in [-0.25, -0.2) is 4.39 Å². The average molecular weight is 239 g/mol. The van der Waals surface area contributed by atoms with Crippen molar-refractivity contribution in [2.24, 2.45) is 0 Å². The second-order valence-corrected chi connectivity index (χ2v) is 4.23. The van der Waals surface area contributed by atoms with Crippen molar-refractivity contribution < 1.29 is 9.13 Å². The maximum absolute atomic E-state index is 13.2. The van der Waals surface area contributed by atoms with E-state index in [9.17, 15) is 4.39 Å². The van der Waals surface area contributed by atoms with Gasteiger partial charge in [0.15, 0.2) is 0 Å². The first-order valence-electron chi connectivity index (χ1n) is 6.27. The molecular formula is C14H22FNO. The monoisotopic (exact) mass is 239 g/mol. The van der Waals surface area contributed by atoms with Crippen LogP contribution in [0, 0.1) is 12.7 Å². The summed E-state index contributed by atoms with van der Waals surface area (Å²) in [5, 5.41) is 3.28. The van der Waals surface area contributed by atoms with Crippen molar-refractivity contribution in [1.82, 2.24) is 5.32 Å². The molecule has 1 aromatic carbocycles. The van der Waals surface area contributed by atoms with E-state index in [4.69, 9.17) is 4.74 Å². The van der Waals surface area contributed by atoms with Crippen molar-refractivity contribution in [3.8, 4) is 0 Å². The number of halogens is 1. The fraction of sp³-hybridized carbons (Fsp3) is 0.571. The Hall–Kier alpha value is -0.930. The van der Waals surface area contributed by atoms with Gasteiger partial charge in [-0.3, -0.25) is 0 Å². The molecule has 0 atom stereocenters. The molecule has 96 valence electrons. The van der Waals surface area contributed by atoms with Crippen LogP contribution in [0.1, 0.15) is 30.9 Å². The minimum absolute atomic E-state index is 0.129. The SMILES string of the molecule is CCCOCCCNCc1ccc(C)c(F)c1. The summed E-state index contributed by atoms with van der Waals surface area (Å²) in [5.41, 5.74) is 1.68. The van der Waals surface area contributed by atoms with E-state index >= 15 is 0 Å². The molecule has 0 aliphatic rings.